The minimum Gasteiger partial charge on any atom is -0.494 e. The van der Waals surface area contributed by atoms with E-state index in [4.69, 9.17) is 9.47 Å². The highest BCUT2D eigenvalue weighted by Gasteiger charge is 2.15. The summed E-state index contributed by atoms with van der Waals surface area (Å²) < 4.78 is 10.9. The Morgan fingerprint density at radius 3 is 2.38 bits per heavy atom. The number of amides is 1. The Kier molecular flexibility index (Phi) is 10.1. The van der Waals surface area contributed by atoms with Crippen molar-refractivity contribution in [2.45, 2.75) is 71.9 Å². The smallest absolute Gasteiger partial charge is 0.407 e. The summed E-state index contributed by atoms with van der Waals surface area (Å²) in [6.45, 7) is 12.1. The van der Waals surface area contributed by atoms with Crippen molar-refractivity contribution in [2.75, 3.05) is 19.7 Å². The zero-order valence-electron chi connectivity index (χ0n) is 17.1. The fourth-order valence-corrected chi connectivity index (χ4v) is 2.42. The van der Waals surface area contributed by atoms with Crippen molar-refractivity contribution >= 4 is 6.09 Å². The van der Waals surface area contributed by atoms with Gasteiger partial charge in [-0.2, -0.15) is 0 Å². The number of hydrogen-bond acceptors (Lipinski definition) is 4. The molecule has 0 spiro atoms. The summed E-state index contributed by atoms with van der Waals surface area (Å²) >= 11 is 0. The normalized spacial score (nSPS) is 12.5. The monoisotopic (exact) mass is 364 g/mol. The Morgan fingerprint density at radius 2 is 1.77 bits per heavy atom. The van der Waals surface area contributed by atoms with Gasteiger partial charge in [-0.15, -0.1) is 0 Å². The van der Waals surface area contributed by atoms with E-state index in [0.29, 0.717) is 6.54 Å². The molecule has 26 heavy (non-hydrogen) atoms. The van der Waals surface area contributed by atoms with Gasteiger partial charge in [0.1, 0.15) is 11.4 Å². The second-order valence-electron chi connectivity index (χ2n) is 7.58. The van der Waals surface area contributed by atoms with Crippen LogP contribution in [-0.4, -0.2) is 31.4 Å². The minimum absolute atomic E-state index is 0.255. The van der Waals surface area contributed by atoms with Gasteiger partial charge in [0.05, 0.1) is 6.61 Å². The highest BCUT2D eigenvalue weighted by Crippen LogP contribution is 2.18. The Bertz CT molecular complexity index is 509. The first kappa shape index (κ1) is 22.3. The topological polar surface area (TPSA) is 59.6 Å². The van der Waals surface area contributed by atoms with Crippen LogP contribution in [0.3, 0.4) is 0 Å². The van der Waals surface area contributed by atoms with Crippen LogP contribution in [0.15, 0.2) is 24.3 Å². The Balaban J connectivity index is 2.20. The van der Waals surface area contributed by atoms with E-state index in [1.807, 2.05) is 32.9 Å². The molecule has 148 valence electrons. The molecule has 0 heterocycles. The zero-order valence-corrected chi connectivity index (χ0v) is 17.1. The summed E-state index contributed by atoms with van der Waals surface area (Å²) in [6, 6.07) is 8.52. The van der Waals surface area contributed by atoms with E-state index in [-0.39, 0.29) is 12.1 Å². The van der Waals surface area contributed by atoms with E-state index in [9.17, 15) is 4.79 Å². The molecule has 5 nitrogen and oxygen atoms in total. The second kappa shape index (κ2) is 11.8. The predicted octanol–water partition coefficient (Wildman–Crippen LogP) is 4.82. The maximum Gasteiger partial charge on any atom is 0.407 e. The van der Waals surface area contributed by atoms with Crippen LogP contribution >= 0.6 is 0 Å². The van der Waals surface area contributed by atoms with E-state index in [2.05, 4.69) is 36.6 Å². The number of unbranched alkanes of at least 4 members (excludes halogenated alkanes) is 2. The highest BCUT2D eigenvalue weighted by molar-refractivity contribution is 5.67. The van der Waals surface area contributed by atoms with Crippen LogP contribution in [0.1, 0.15) is 71.9 Å². The van der Waals surface area contributed by atoms with E-state index in [1.54, 1.807) is 0 Å². The molecular formula is C21H36N2O3. The van der Waals surface area contributed by atoms with E-state index < -0.39 is 5.60 Å². The van der Waals surface area contributed by atoms with E-state index in [0.717, 1.165) is 31.7 Å². The Labute approximate surface area is 158 Å². The fourth-order valence-electron chi connectivity index (χ4n) is 2.42. The van der Waals surface area contributed by atoms with Crippen molar-refractivity contribution in [1.29, 1.82) is 0 Å². The maximum atomic E-state index is 11.6. The van der Waals surface area contributed by atoms with Gasteiger partial charge in [-0.05, 0) is 64.8 Å². The summed E-state index contributed by atoms with van der Waals surface area (Å²) in [5.74, 6) is 0.929. The largest absolute Gasteiger partial charge is 0.494 e. The summed E-state index contributed by atoms with van der Waals surface area (Å²) in [4.78, 5) is 11.6. The van der Waals surface area contributed by atoms with Crippen molar-refractivity contribution in [3.8, 4) is 5.75 Å². The Morgan fingerprint density at radius 1 is 1.08 bits per heavy atom. The molecule has 0 saturated carbocycles. The van der Waals surface area contributed by atoms with Crippen LogP contribution in [0.25, 0.3) is 0 Å². The van der Waals surface area contributed by atoms with Gasteiger partial charge in [-0.1, -0.05) is 31.9 Å². The number of alkyl carbamates (subject to hydrolysis) is 1. The predicted molar refractivity (Wildman–Crippen MR) is 107 cm³/mol. The van der Waals surface area contributed by atoms with Crippen LogP contribution in [0.5, 0.6) is 5.75 Å². The fraction of sp³-hybridized carbons (Fsp3) is 0.667. The van der Waals surface area contributed by atoms with Gasteiger partial charge < -0.3 is 20.1 Å². The van der Waals surface area contributed by atoms with Crippen LogP contribution in [-0.2, 0) is 4.74 Å². The molecule has 0 saturated heterocycles. The third-order valence-corrected chi connectivity index (χ3v) is 3.87. The van der Waals surface area contributed by atoms with Gasteiger partial charge in [0, 0.05) is 12.6 Å². The third kappa shape index (κ3) is 10.3. The lowest BCUT2D eigenvalue weighted by atomic mass is 10.1. The molecule has 0 aliphatic heterocycles. The summed E-state index contributed by atoms with van der Waals surface area (Å²) in [5, 5.41) is 6.24. The van der Waals surface area contributed by atoms with Crippen LogP contribution in [0.4, 0.5) is 4.79 Å². The molecule has 0 aliphatic carbocycles. The SMILES string of the molecule is CCCCCOc1ccc(C(C)NCCCNC(=O)OC(C)(C)C)cc1. The van der Waals surface area contributed by atoms with Gasteiger partial charge in [-0.25, -0.2) is 4.79 Å². The van der Waals surface area contributed by atoms with E-state index in [1.165, 1.54) is 18.4 Å². The van der Waals surface area contributed by atoms with Gasteiger partial charge in [0.25, 0.3) is 0 Å². The molecule has 1 aromatic carbocycles. The van der Waals surface area contributed by atoms with Gasteiger partial charge in [0.2, 0.25) is 0 Å². The van der Waals surface area contributed by atoms with Crippen LogP contribution in [0, 0.1) is 0 Å². The third-order valence-electron chi connectivity index (χ3n) is 3.87. The Hall–Kier alpha value is -1.75. The van der Waals surface area contributed by atoms with Gasteiger partial charge in [0.15, 0.2) is 0 Å². The molecule has 1 atom stereocenters. The number of hydrogen-bond donors (Lipinski definition) is 2. The first-order valence-corrected chi connectivity index (χ1v) is 9.75. The molecule has 1 aromatic rings. The molecule has 0 fully saturated rings. The summed E-state index contributed by atoms with van der Waals surface area (Å²) in [7, 11) is 0. The molecule has 2 N–H and O–H groups in total. The maximum absolute atomic E-state index is 11.6. The molecule has 5 heteroatoms. The first-order valence-electron chi connectivity index (χ1n) is 9.75. The number of carbonyl (C=O) groups is 1. The number of rotatable bonds is 11. The van der Waals surface area contributed by atoms with Crippen molar-refractivity contribution < 1.29 is 14.3 Å². The van der Waals surface area contributed by atoms with Crippen molar-refractivity contribution in [2.24, 2.45) is 0 Å². The average molecular weight is 365 g/mol. The number of ether oxygens (including phenoxy) is 2. The number of benzene rings is 1. The van der Waals surface area contributed by atoms with Crippen molar-refractivity contribution in [1.82, 2.24) is 10.6 Å². The number of nitrogens with one attached hydrogen (secondary N) is 2. The molecular weight excluding hydrogens is 328 g/mol. The summed E-state index contributed by atoms with van der Waals surface area (Å²) in [6.07, 6.45) is 4.01. The quantitative estimate of drug-likeness (QED) is 0.553. The van der Waals surface area contributed by atoms with Crippen molar-refractivity contribution in [3.63, 3.8) is 0 Å². The second-order valence-corrected chi connectivity index (χ2v) is 7.58. The summed E-state index contributed by atoms with van der Waals surface area (Å²) in [5.41, 5.74) is 0.772. The molecule has 0 radical (unpaired) electrons. The molecule has 0 aliphatic rings. The first-order chi connectivity index (χ1) is 12.3. The zero-order chi connectivity index (χ0) is 19.4. The lowest BCUT2D eigenvalue weighted by Gasteiger charge is -2.20. The minimum atomic E-state index is -0.456. The molecule has 1 amide bonds. The molecule has 0 bridgehead atoms. The molecule has 1 rings (SSSR count). The van der Waals surface area contributed by atoms with Crippen LogP contribution < -0.4 is 15.4 Å². The number of carbonyl (C=O) groups excluding carboxylic acids is 1. The average Bonchev–Trinajstić information content (AvgIpc) is 2.57. The lowest BCUT2D eigenvalue weighted by Crippen LogP contribution is -2.34. The van der Waals surface area contributed by atoms with Gasteiger partial charge in [-0.3, -0.25) is 0 Å². The van der Waals surface area contributed by atoms with Gasteiger partial charge >= 0.3 is 6.09 Å². The van der Waals surface area contributed by atoms with E-state index >= 15 is 0 Å². The van der Waals surface area contributed by atoms with Crippen LogP contribution in [0.2, 0.25) is 0 Å². The standard InChI is InChI=1S/C21H36N2O3/c1-6-7-8-16-25-19-12-10-18(11-13-19)17(2)22-14-9-15-23-20(24)26-21(3,4)5/h10-13,17,22H,6-9,14-16H2,1-5H3,(H,23,24). The van der Waals surface area contributed by atoms with Crippen molar-refractivity contribution in [3.05, 3.63) is 29.8 Å². The molecule has 0 aromatic heterocycles. The molecule has 1 unspecified atom stereocenters. The lowest BCUT2D eigenvalue weighted by molar-refractivity contribution is 0.0527. The highest BCUT2D eigenvalue weighted by atomic mass is 16.6.